The molecule has 1 heterocycles. The van der Waals surface area contributed by atoms with Crippen molar-refractivity contribution in [2.24, 2.45) is 0 Å². The van der Waals surface area contributed by atoms with E-state index >= 15 is 0 Å². The molecule has 172 valence electrons. The van der Waals surface area contributed by atoms with Crippen molar-refractivity contribution in [1.82, 2.24) is 4.90 Å². The highest BCUT2D eigenvalue weighted by atomic mass is 16.2. The number of carbonyl (C=O) groups is 1. The number of carbonyl (C=O) groups excluding carboxylic acids is 1. The second-order valence-electron chi connectivity index (χ2n) is 9.92. The Morgan fingerprint density at radius 3 is 1.48 bits per heavy atom. The summed E-state index contributed by atoms with van der Waals surface area (Å²) in [6, 6.07) is 0. The molecule has 0 atom stereocenters. The van der Waals surface area contributed by atoms with Crippen LogP contribution in [0.15, 0.2) is 0 Å². The van der Waals surface area contributed by atoms with Crippen LogP contribution in [-0.4, -0.2) is 48.6 Å². The molecule has 0 aromatic heterocycles. The van der Waals surface area contributed by atoms with Crippen molar-refractivity contribution >= 4 is 5.91 Å². The molecule has 0 aliphatic carbocycles. The first-order valence-electron chi connectivity index (χ1n) is 13.2. The summed E-state index contributed by atoms with van der Waals surface area (Å²) in [4.78, 5) is 14.3. The lowest BCUT2D eigenvalue weighted by atomic mass is 10.1. The van der Waals surface area contributed by atoms with Crippen molar-refractivity contribution in [2.45, 2.75) is 129 Å². The van der Waals surface area contributed by atoms with Crippen molar-refractivity contribution in [2.75, 3.05) is 33.4 Å². The number of unbranched alkanes of at least 4 members (excludes halogenated alkanes) is 14. The minimum Gasteiger partial charge on any atom is -0.309 e. The molecule has 1 aliphatic rings. The average molecular weight is 410 g/mol. The van der Waals surface area contributed by atoms with Crippen LogP contribution in [0.5, 0.6) is 0 Å². The van der Waals surface area contributed by atoms with E-state index in [1.165, 1.54) is 116 Å². The van der Waals surface area contributed by atoms with Crippen LogP contribution in [0.4, 0.5) is 0 Å². The normalized spacial score (nSPS) is 14.9. The molecule has 0 radical (unpaired) electrons. The van der Waals surface area contributed by atoms with E-state index in [0.717, 1.165) is 30.5 Å². The van der Waals surface area contributed by atoms with Gasteiger partial charge in [-0.15, -0.1) is 0 Å². The fourth-order valence-corrected chi connectivity index (χ4v) is 4.77. The number of nitrogens with zero attached hydrogens (tertiary/aromatic N) is 2. The van der Waals surface area contributed by atoms with Crippen LogP contribution in [0.2, 0.25) is 0 Å². The van der Waals surface area contributed by atoms with Gasteiger partial charge >= 0.3 is 0 Å². The van der Waals surface area contributed by atoms with Gasteiger partial charge in [0.25, 0.3) is 0 Å². The molecular formula is C26H53N2O+. The molecule has 1 fully saturated rings. The molecule has 0 spiro atoms. The van der Waals surface area contributed by atoms with Gasteiger partial charge in [-0.1, -0.05) is 90.9 Å². The maximum absolute atomic E-state index is 12.2. The Kier molecular flexibility index (Phi) is 15.6. The van der Waals surface area contributed by atoms with Crippen LogP contribution < -0.4 is 0 Å². The molecule has 0 aromatic rings. The van der Waals surface area contributed by atoms with Gasteiger partial charge in [0, 0.05) is 13.0 Å². The van der Waals surface area contributed by atoms with Gasteiger partial charge in [-0.05, 0) is 32.1 Å². The number of likely N-dealkylation sites (tertiary alicyclic amines) is 1. The van der Waals surface area contributed by atoms with E-state index in [9.17, 15) is 4.79 Å². The lowest BCUT2D eigenvalue weighted by molar-refractivity contribution is -0.918. The van der Waals surface area contributed by atoms with Gasteiger partial charge in [-0.3, -0.25) is 9.69 Å². The number of hydrogen-bond acceptors (Lipinski definition) is 1. The first-order valence-corrected chi connectivity index (χ1v) is 13.2. The predicted molar refractivity (Wildman–Crippen MR) is 127 cm³/mol. The molecule has 0 saturated carbocycles. The van der Waals surface area contributed by atoms with Crippen molar-refractivity contribution < 1.29 is 9.28 Å². The van der Waals surface area contributed by atoms with Crippen LogP contribution in [0.25, 0.3) is 0 Å². The lowest BCUT2D eigenvalue weighted by Crippen LogP contribution is -2.52. The first kappa shape index (κ1) is 26.5. The molecule has 0 unspecified atom stereocenters. The number of rotatable bonds is 20. The number of amides is 1. The van der Waals surface area contributed by atoms with E-state index in [2.05, 4.69) is 25.8 Å². The fourth-order valence-electron chi connectivity index (χ4n) is 4.77. The molecule has 0 aromatic carbocycles. The van der Waals surface area contributed by atoms with Gasteiger partial charge < -0.3 is 4.48 Å². The first-order chi connectivity index (χ1) is 14.1. The Bertz CT molecular complexity index is 376. The van der Waals surface area contributed by atoms with Crippen molar-refractivity contribution in [1.29, 1.82) is 0 Å². The van der Waals surface area contributed by atoms with Crippen molar-refractivity contribution in [3.05, 3.63) is 0 Å². The third kappa shape index (κ3) is 13.4. The molecule has 0 bridgehead atoms. The Morgan fingerprint density at radius 1 is 0.690 bits per heavy atom. The minimum absolute atomic E-state index is 0.390. The fraction of sp³-hybridized carbons (Fsp3) is 0.962. The monoisotopic (exact) mass is 409 g/mol. The van der Waals surface area contributed by atoms with E-state index in [-0.39, 0.29) is 0 Å². The summed E-state index contributed by atoms with van der Waals surface area (Å²) >= 11 is 0. The van der Waals surface area contributed by atoms with E-state index in [1.807, 2.05) is 0 Å². The molecule has 1 aliphatic heterocycles. The maximum atomic E-state index is 12.2. The molecule has 1 amide bonds. The molecular weight excluding hydrogens is 356 g/mol. The van der Waals surface area contributed by atoms with E-state index in [1.54, 1.807) is 0 Å². The second kappa shape index (κ2) is 17.1. The highest BCUT2D eigenvalue weighted by Gasteiger charge is 2.29. The third-order valence-electron chi connectivity index (χ3n) is 6.79. The van der Waals surface area contributed by atoms with Crippen LogP contribution in [0.3, 0.4) is 0 Å². The van der Waals surface area contributed by atoms with Gasteiger partial charge in [0.1, 0.15) is 0 Å². The number of quaternary nitrogens is 1. The summed E-state index contributed by atoms with van der Waals surface area (Å²) in [6.07, 6.45) is 24.0. The quantitative estimate of drug-likeness (QED) is 0.153. The SMILES string of the molecule is CCCCCCCCCC[N+](C)(CCCCCCCCCC)CN1CCCC1=O. The zero-order valence-corrected chi connectivity index (χ0v) is 20.4. The average Bonchev–Trinajstić information content (AvgIpc) is 3.10. The van der Waals surface area contributed by atoms with Crippen LogP contribution in [0.1, 0.15) is 129 Å². The zero-order valence-electron chi connectivity index (χ0n) is 20.4. The molecule has 1 rings (SSSR count). The van der Waals surface area contributed by atoms with Crippen LogP contribution >= 0.6 is 0 Å². The second-order valence-corrected chi connectivity index (χ2v) is 9.92. The standard InChI is InChI=1S/C26H53N2O/c1-4-6-8-10-12-14-16-18-23-28(3,25-27-22-20-21-26(27)29)24-19-17-15-13-11-9-7-5-2/h4-25H2,1-3H3/q+1. The summed E-state index contributed by atoms with van der Waals surface area (Å²) in [5, 5.41) is 0. The molecule has 1 saturated heterocycles. The smallest absolute Gasteiger partial charge is 0.226 e. The summed E-state index contributed by atoms with van der Waals surface area (Å²) in [6.45, 7) is 9.00. The lowest BCUT2D eigenvalue weighted by Gasteiger charge is -2.38. The Balaban J connectivity index is 2.27. The highest BCUT2D eigenvalue weighted by molar-refractivity contribution is 5.77. The Morgan fingerprint density at radius 2 is 1.10 bits per heavy atom. The van der Waals surface area contributed by atoms with Crippen molar-refractivity contribution in [3.8, 4) is 0 Å². The minimum atomic E-state index is 0.390. The van der Waals surface area contributed by atoms with Gasteiger partial charge in [0.2, 0.25) is 5.91 Å². The highest BCUT2D eigenvalue weighted by Crippen LogP contribution is 2.18. The van der Waals surface area contributed by atoms with Gasteiger partial charge in [0.05, 0.1) is 20.1 Å². The van der Waals surface area contributed by atoms with Crippen molar-refractivity contribution in [3.63, 3.8) is 0 Å². The van der Waals surface area contributed by atoms with Crippen LogP contribution in [0, 0.1) is 0 Å². The summed E-state index contributed by atoms with van der Waals surface area (Å²) < 4.78 is 1.08. The summed E-state index contributed by atoms with van der Waals surface area (Å²) in [5.41, 5.74) is 0. The summed E-state index contributed by atoms with van der Waals surface area (Å²) in [5.74, 6) is 0.390. The molecule has 29 heavy (non-hydrogen) atoms. The largest absolute Gasteiger partial charge is 0.309 e. The van der Waals surface area contributed by atoms with Gasteiger partial charge in [-0.25, -0.2) is 0 Å². The van der Waals surface area contributed by atoms with E-state index in [4.69, 9.17) is 0 Å². The predicted octanol–water partition coefficient (Wildman–Crippen LogP) is 7.29. The maximum Gasteiger partial charge on any atom is 0.226 e. The zero-order chi connectivity index (χ0) is 21.2. The van der Waals surface area contributed by atoms with Gasteiger partial charge in [0.15, 0.2) is 6.67 Å². The summed E-state index contributed by atoms with van der Waals surface area (Å²) in [7, 11) is 2.41. The topological polar surface area (TPSA) is 20.3 Å². The molecule has 3 nitrogen and oxygen atoms in total. The van der Waals surface area contributed by atoms with E-state index in [0.29, 0.717) is 5.91 Å². The molecule has 0 N–H and O–H groups in total. The Labute approximate surface area is 183 Å². The van der Waals surface area contributed by atoms with E-state index < -0.39 is 0 Å². The molecule has 3 heteroatoms. The number of hydrogen-bond donors (Lipinski definition) is 0. The van der Waals surface area contributed by atoms with Gasteiger partial charge in [-0.2, -0.15) is 0 Å². The Hall–Kier alpha value is -0.570. The van der Waals surface area contributed by atoms with Crippen LogP contribution in [-0.2, 0) is 4.79 Å². The third-order valence-corrected chi connectivity index (χ3v) is 6.79.